The van der Waals surface area contributed by atoms with Gasteiger partial charge >= 0.3 is 0 Å². The molecule has 1 amide bonds. The van der Waals surface area contributed by atoms with Crippen molar-refractivity contribution >= 4 is 39.8 Å². The Morgan fingerprint density at radius 3 is 3.00 bits per heavy atom. The molecular weight excluding hydrogens is 324 g/mol. The monoisotopic (exact) mass is 336 g/mol. The van der Waals surface area contributed by atoms with Crippen molar-refractivity contribution in [1.82, 2.24) is 10.2 Å². The standard InChI is InChI=1S/C13H12N4O3S2/c1-3-7-21-13-16-15-12(22-13)14-11(18)9-6-4-5-8(2)10(9)17(19)20/h3-6H,1,7H2,2H3,(H,14,15,18). The summed E-state index contributed by atoms with van der Waals surface area (Å²) < 4.78 is 0.689. The summed E-state index contributed by atoms with van der Waals surface area (Å²) >= 11 is 2.65. The van der Waals surface area contributed by atoms with Gasteiger partial charge in [-0.05, 0) is 13.0 Å². The van der Waals surface area contributed by atoms with E-state index in [1.165, 1.54) is 29.2 Å². The molecular formula is C13H12N4O3S2. The number of carbonyl (C=O) groups is 1. The molecule has 0 atom stereocenters. The average Bonchev–Trinajstić information content (AvgIpc) is 2.91. The Hall–Kier alpha value is -2.26. The van der Waals surface area contributed by atoms with Gasteiger partial charge in [0.25, 0.3) is 11.6 Å². The quantitative estimate of drug-likeness (QED) is 0.286. The first-order valence-corrected chi connectivity index (χ1v) is 7.95. The largest absolute Gasteiger partial charge is 0.296 e. The van der Waals surface area contributed by atoms with Gasteiger partial charge < -0.3 is 0 Å². The van der Waals surface area contributed by atoms with Crippen LogP contribution in [0, 0.1) is 17.0 Å². The SMILES string of the molecule is C=CCSc1nnc(NC(=O)c2cccc(C)c2[N+](=O)[O-])s1. The first-order valence-electron chi connectivity index (χ1n) is 6.15. The van der Waals surface area contributed by atoms with Crippen LogP contribution < -0.4 is 5.32 Å². The molecule has 0 fully saturated rings. The Morgan fingerprint density at radius 1 is 1.55 bits per heavy atom. The van der Waals surface area contributed by atoms with Crippen molar-refractivity contribution < 1.29 is 9.72 Å². The number of nitrogens with zero attached hydrogens (tertiary/aromatic N) is 3. The molecule has 1 heterocycles. The van der Waals surface area contributed by atoms with E-state index in [0.29, 0.717) is 20.8 Å². The van der Waals surface area contributed by atoms with Gasteiger partial charge in [0.2, 0.25) is 5.13 Å². The van der Waals surface area contributed by atoms with Crippen molar-refractivity contribution in [2.45, 2.75) is 11.3 Å². The lowest BCUT2D eigenvalue weighted by molar-refractivity contribution is -0.385. The first kappa shape index (κ1) is 16.1. The summed E-state index contributed by atoms with van der Waals surface area (Å²) in [4.78, 5) is 22.8. The summed E-state index contributed by atoms with van der Waals surface area (Å²) in [6.07, 6.45) is 1.74. The predicted octanol–water partition coefficient (Wildman–Crippen LogP) is 3.29. The number of hydrogen-bond donors (Lipinski definition) is 1. The fraction of sp³-hybridized carbons (Fsp3) is 0.154. The summed E-state index contributed by atoms with van der Waals surface area (Å²) in [7, 11) is 0. The molecule has 2 rings (SSSR count). The van der Waals surface area contributed by atoms with Crippen LogP contribution in [0.4, 0.5) is 10.8 Å². The van der Waals surface area contributed by atoms with Crippen molar-refractivity contribution in [1.29, 1.82) is 0 Å². The molecule has 0 unspecified atom stereocenters. The highest BCUT2D eigenvalue weighted by molar-refractivity contribution is 8.01. The molecule has 9 heteroatoms. The molecule has 0 saturated carbocycles. The van der Waals surface area contributed by atoms with Crippen LogP contribution in [0.15, 0.2) is 35.2 Å². The van der Waals surface area contributed by atoms with Crippen molar-refractivity contribution in [2.24, 2.45) is 0 Å². The number of aromatic nitrogens is 2. The molecule has 22 heavy (non-hydrogen) atoms. The van der Waals surface area contributed by atoms with E-state index in [4.69, 9.17) is 0 Å². The third-order valence-electron chi connectivity index (χ3n) is 2.62. The second kappa shape index (κ2) is 7.14. The summed E-state index contributed by atoms with van der Waals surface area (Å²) in [6.45, 7) is 5.19. The lowest BCUT2D eigenvalue weighted by Gasteiger charge is -2.04. The molecule has 1 N–H and O–H groups in total. The van der Waals surface area contributed by atoms with Gasteiger partial charge in [0, 0.05) is 11.3 Å². The number of anilines is 1. The number of hydrogen-bond acceptors (Lipinski definition) is 7. The fourth-order valence-electron chi connectivity index (χ4n) is 1.70. The van der Waals surface area contributed by atoms with Gasteiger partial charge in [-0.1, -0.05) is 41.3 Å². The van der Waals surface area contributed by atoms with Crippen LogP contribution >= 0.6 is 23.1 Å². The number of benzene rings is 1. The second-order valence-corrected chi connectivity index (χ2v) is 6.40. The number of carbonyl (C=O) groups excluding carboxylic acids is 1. The molecule has 1 aromatic heterocycles. The topological polar surface area (TPSA) is 98.0 Å². The number of thioether (sulfide) groups is 1. The second-order valence-electron chi connectivity index (χ2n) is 4.16. The zero-order chi connectivity index (χ0) is 16.1. The summed E-state index contributed by atoms with van der Waals surface area (Å²) in [5.74, 6) is 0.109. The zero-order valence-electron chi connectivity index (χ0n) is 11.6. The minimum Gasteiger partial charge on any atom is -0.296 e. The van der Waals surface area contributed by atoms with Crippen molar-refractivity contribution in [2.75, 3.05) is 11.1 Å². The molecule has 0 radical (unpaired) electrons. The molecule has 0 spiro atoms. The fourth-order valence-corrected chi connectivity index (χ4v) is 3.21. The van der Waals surface area contributed by atoms with E-state index in [9.17, 15) is 14.9 Å². The Kier molecular flexibility index (Phi) is 5.23. The predicted molar refractivity (Wildman–Crippen MR) is 86.6 cm³/mol. The molecule has 0 aliphatic rings. The molecule has 0 aliphatic carbocycles. The lowest BCUT2D eigenvalue weighted by Crippen LogP contribution is -2.14. The molecule has 1 aromatic carbocycles. The summed E-state index contributed by atoms with van der Waals surface area (Å²) in [5, 5.41) is 21.7. The number of aryl methyl sites for hydroxylation is 1. The minimum atomic E-state index is -0.577. The highest BCUT2D eigenvalue weighted by Gasteiger charge is 2.23. The Labute approximate surface area is 134 Å². The van der Waals surface area contributed by atoms with Crippen LogP contribution in [0.1, 0.15) is 15.9 Å². The van der Waals surface area contributed by atoms with Crippen molar-refractivity contribution in [3.05, 3.63) is 52.1 Å². The summed E-state index contributed by atoms with van der Waals surface area (Å²) in [5.41, 5.74) is 0.225. The molecule has 0 aliphatic heterocycles. The van der Waals surface area contributed by atoms with Gasteiger partial charge in [-0.2, -0.15) is 0 Å². The number of nitro groups is 1. The number of amides is 1. The van der Waals surface area contributed by atoms with Crippen molar-refractivity contribution in [3.8, 4) is 0 Å². The lowest BCUT2D eigenvalue weighted by atomic mass is 10.1. The van der Waals surface area contributed by atoms with Crippen LogP contribution in [-0.4, -0.2) is 26.8 Å². The van der Waals surface area contributed by atoms with Gasteiger partial charge in [-0.25, -0.2) is 0 Å². The van der Waals surface area contributed by atoms with Crippen LogP contribution in [0.25, 0.3) is 0 Å². The number of nitro benzene ring substituents is 1. The average molecular weight is 336 g/mol. The first-order chi connectivity index (χ1) is 10.5. The van der Waals surface area contributed by atoms with Crippen LogP contribution in [0.5, 0.6) is 0 Å². The molecule has 7 nitrogen and oxygen atoms in total. The van der Waals surface area contributed by atoms with Gasteiger partial charge in [0.05, 0.1) is 4.92 Å². The van der Waals surface area contributed by atoms with E-state index in [-0.39, 0.29) is 11.3 Å². The number of nitrogens with one attached hydrogen (secondary N) is 1. The van der Waals surface area contributed by atoms with Crippen LogP contribution in [0.3, 0.4) is 0 Å². The van der Waals surface area contributed by atoms with Crippen LogP contribution in [0.2, 0.25) is 0 Å². The van der Waals surface area contributed by atoms with Gasteiger partial charge in [0.15, 0.2) is 4.34 Å². The highest BCUT2D eigenvalue weighted by Crippen LogP contribution is 2.27. The highest BCUT2D eigenvalue weighted by atomic mass is 32.2. The maximum absolute atomic E-state index is 12.2. The maximum atomic E-state index is 12.2. The minimum absolute atomic E-state index is 0.000458. The summed E-state index contributed by atoms with van der Waals surface area (Å²) in [6, 6.07) is 4.60. The Bertz CT molecular complexity index is 730. The molecule has 0 saturated heterocycles. The normalized spacial score (nSPS) is 10.2. The number of rotatable bonds is 6. The van der Waals surface area contributed by atoms with Crippen LogP contribution in [-0.2, 0) is 0 Å². The van der Waals surface area contributed by atoms with E-state index in [1.54, 1.807) is 25.1 Å². The van der Waals surface area contributed by atoms with E-state index >= 15 is 0 Å². The number of para-hydroxylation sites is 1. The molecule has 0 bridgehead atoms. The third-order valence-corrected chi connectivity index (χ3v) is 4.58. The van der Waals surface area contributed by atoms with E-state index in [1.807, 2.05) is 0 Å². The van der Waals surface area contributed by atoms with E-state index in [2.05, 4.69) is 22.1 Å². The zero-order valence-corrected chi connectivity index (χ0v) is 13.2. The van der Waals surface area contributed by atoms with Gasteiger partial charge in [-0.3, -0.25) is 20.2 Å². The molecule has 114 valence electrons. The maximum Gasteiger partial charge on any atom is 0.285 e. The smallest absolute Gasteiger partial charge is 0.285 e. The molecule has 2 aromatic rings. The Morgan fingerprint density at radius 2 is 2.32 bits per heavy atom. The van der Waals surface area contributed by atoms with E-state index < -0.39 is 10.8 Å². The van der Waals surface area contributed by atoms with Gasteiger partial charge in [-0.15, -0.1) is 16.8 Å². The Balaban J connectivity index is 2.19. The van der Waals surface area contributed by atoms with E-state index in [0.717, 1.165) is 0 Å². The van der Waals surface area contributed by atoms with Crippen molar-refractivity contribution in [3.63, 3.8) is 0 Å². The third kappa shape index (κ3) is 3.68. The van der Waals surface area contributed by atoms with Gasteiger partial charge in [0.1, 0.15) is 5.56 Å².